The first-order chi connectivity index (χ1) is 20.5. The molecule has 0 aliphatic rings. The van der Waals surface area contributed by atoms with Gasteiger partial charge in [-0.15, -0.1) is 0 Å². The number of aliphatic carboxylic acids is 1. The maximum atomic E-state index is 13.3. The predicted molar refractivity (Wildman–Crippen MR) is 158 cm³/mol. The van der Waals surface area contributed by atoms with Crippen LogP contribution in [-0.2, 0) is 15.8 Å². The largest absolute Gasteiger partial charge is 0.481 e. The summed E-state index contributed by atoms with van der Waals surface area (Å²) in [5.41, 5.74) is 1.41. The van der Waals surface area contributed by atoms with E-state index < -0.39 is 35.4 Å². The van der Waals surface area contributed by atoms with Gasteiger partial charge >= 0.3 is 12.1 Å². The number of carboxylic acid groups (broad SMARTS) is 1. The molecule has 0 saturated carbocycles. The third kappa shape index (κ3) is 8.80. The molecule has 4 aromatic carbocycles. The highest BCUT2D eigenvalue weighted by Crippen LogP contribution is 2.30. The smallest absolute Gasteiger partial charge is 0.416 e. The van der Waals surface area contributed by atoms with Crippen LogP contribution in [0.2, 0.25) is 5.02 Å². The summed E-state index contributed by atoms with van der Waals surface area (Å²) in [6, 6.07) is 26.9. The van der Waals surface area contributed by atoms with Crippen LogP contribution in [-0.4, -0.2) is 29.4 Å². The van der Waals surface area contributed by atoms with E-state index in [0.29, 0.717) is 10.6 Å². The molecule has 1 unspecified atom stereocenters. The Balaban J connectivity index is 1.59. The molecule has 0 bridgehead atoms. The number of carbonyl (C=O) groups excluding carboxylic acids is 2. The van der Waals surface area contributed by atoms with Crippen molar-refractivity contribution in [3.63, 3.8) is 0 Å². The monoisotopic (exact) mass is 606 g/mol. The van der Waals surface area contributed by atoms with E-state index in [0.717, 1.165) is 29.3 Å². The Morgan fingerprint density at radius 2 is 1.49 bits per heavy atom. The van der Waals surface area contributed by atoms with Gasteiger partial charge in [0, 0.05) is 23.0 Å². The number of amides is 2. The highest BCUT2D eigenvalue weighted by molar-refractivity contribution is 6.30. The minimum atomic E-state index is -4.61. The number of nitrogens with one attached hydrogen (secondary N) is 2. The molecule has 0 saturated heterocycles. The zero-order valence-corrected chi connectivity index (χ0v) is 23.3. The summed E-state index contributed by atoms with van der Waals surface area (Å²) in [5.74, 6) is -3.21. The Morgan fingerprint density at radius 3 is 2.12 bits per heavy atom. The Hall–Kier alpha value is -4.89. The molecule has 0 aromatic heterocycles. The summed E-state index contributed by atoms with van der Waals surface area (Å²) in [4.78, 5) is 38.0. The van der Waals surface area contributed by atoms with Crippen LogP contribution in [0.25, 0.3) is 17.2 Å². The normalized spacial score (nSPS) is 12.3. The fourth-order valence-corrected chi connectivity index (χ4v) is 4.46. The second kappa shape index (κ2) is 13.8. The number of carboxylic acids is 1. The van der Waals surface area contributed by atoms with Gasteiger partial charge in [0.05, 0.1) is 12.0 Å². The molecule has 4 aromatic rings. The quantitative estimate of drug-likeness (QED) is 0.167. The standard InChI is InChI=1S/C33H26ClF3N2O4/c34-28-15-13-24(14-16-28)26(19-30(40)41)20-38-32(43)29(18-21-5-4-8-27(17-21)33(35,36)37)39-31(42)25-11-9-23(10-12-25)22-6-2-1-3-7-22/h1-18,26H,19-20H2,(H,38,43)(H,39,42)(H,40,41). The van der Waals surface area contributed by atoms with Gasteiger partial charge in [0.25, 0.3) is 11.8 Å². The zero-order valence-electron chi connectivity index (χ0n) is 22.6. The lowest BCUT2D eigenvalue weighted by molar-refractivity contribution is -0.138. The van der Waals surface area contributed by atoms with E-state index in [4.69, 9.17) is 11.6 Å². The van der Waals surface area contributed by atoms with E-state index in [-0.39, 0.29) is 29.8 Å². The molecule has 1 atom stereocenters. The molecule has 0 aliphatic carbocycles. The van der Waals surface area contributed by atoms with Crippen molar-refractivity contribution in [2.75, 3.05) is 6.54 Å². The van der Waals surface area contributed by atoms with Gasteiger partial charge in [-0.25, -0.2) is 0 Å². The number of hydrogen-bond acceptors (Lipinski definition) is 3. The van der Waals surface area contributed by atoms with Crippen molar-refractivity contribution in [3.05, 3.63) is 136 Å². The third-order valence-electron chi connectivity index (χ3n) is 6.54. The average Bonchev–Trinajstić information content (AvgIpc) is 2.99. The Bertz CT molecular complexity index is 1620. The van der Waals surface area contributed by atoms with Gasteiger partial charge in [0.15, 0.2) is 0 Å². The highest BCUT2D eigenvalue weighted by Gasteiger charge is 2.30. The first-order valence-electron chi connectivity index (χ1n) is 13.1. The van der Waals surface area contributed by atoms with Gasteiger partial charge in [-0.1, -0.05) is 78.3 Å². The maximum Gasteiger partial charge on any atom is 0.416 e. The summed E-state index contributed by atoms with van der Waals surface area (Å²) in [5, 5.41) is 15.0. The number of hydrogen-bond donors (Lipinski definition) is 3. The molecule has 0 heterocycles. The fourth-order valence-electron chi connectivity index (χ4n) is 4.33. The molecule has 43 heavy (non-hydrogen) atoms. The topological polar surface area (TPSA) is 95.5 Å². The molecule has 3 N–H and O–H groups in total. The third-order valence-corrected chi connectivity index (χ3v) is 6.80. The number of halogens is 4. The Morgan fingerprint density at radius 1 is 0.837 bits per heavy atom. The summed E-state index contributed by atoms with van der Waals surface area (Å²) in [6.07, 6.45) is -3.79. The van der Waals surface area contributed by atoms with Crippen molar-refractivity contribution in [1.29, 1.82) is 0 Å². The van der Waals surface area contributed by atoms with Gasteiger partial charge < -0.3 is 15.7 Å². The van der Waals surface area contributed by atoms with Crippen LogP contribution in [0.5, 0.6) is 0 Å². The van der Waals surface area contributed by atoms with Crippen LogP contribution in [0, 0.1) is 0 Å². The van der Waals surface area contributed by atoms with Gasteiger partial charge in [-0.3, -0.25) is 14.4 Å². The van der Waals surface area contributed by atoms with E-state index in [2.05, 4.69) is 10.6 Å². The van der Waals surface area contributed by atoms with Crippen LogP contribution in [0.3, 0.4) is 0 Å². The van der Waals surface area contributed by atoms with E-state index in [1.807, 2.05) is 30.3 Å². The first-order valence-corrected chi connectivity index (χ1v) is 13.5. The summed E-state index contributed by atoms with van der Waals surface area (Å²) >= 11 is 5.94. The Kier molecular flexibility index (Phi) is 10.0. The van der Waals surface area contributed by atoms with Crippen molar-refractivity contribution in [3.8, 4) is 11.1 Å². The van der Waals surface area contributed by atoms with E-state index in [1.54, 1.807) is 48.5 Å². The summed E-state index contributed by atoms with van der Waals surface area (Å²) in [7, 11) is 0. The molecule has 0 spiro atoms. The molecular weight excluding hydrogens is 581 g/mol. The number of rotatable bonds is 10. The van der Waals surface area contributed by atoms with Gasteiger partial charge in [0.1, 0.15) is 5.70 Å². The van der Waals surface area contributed by atoms with Crippen molar-refractivity contribution < 1.29 is 32.7 Å². The molecular formula is C33H26ClF3N2O4. The van der Waals surface area contributed by atoms with Gasteiger partial charge in [0.2, 0.25) is 0 Å². The molecule has 2 amide bonds. The Labute approximate surface area is 250 Å². The van der Waals surface area contributed by atoms with Crippen LogP contribution in [0.1, 0.15) is 39.4 Å². The van der Waals surface area contributed by atoms with Crippen LogP contribution >= 0.6 is 11.6 Å². The number of alkyl halides is 3. The van der Waals surface area contributed by atoms with Crippen molar-refractivity contribution in [1.82, 2.24) is 10.6 Å². The summed E-state index contributed by atoms with van der Waals surface area (Å²) < 4.78 is 40.0. The summed E-state index contributed by atoms with van der Waals surface area (Å²) in [6.45, 7) is -0.131. The van der Waals surface area contributed by atoms with Crippen molar-refractivity contribution in [2.24, 2.45) is 0 Å². The molecule has 10 heteroatoms. The molecule has 220 valence electrons. The van der Waals surface area contributed by atoms with E-state index in [9.17, 15) is 32.7 Å². The fraction of sp³-hybridized carbons (Fsp3) is 0.121. The second-order valence-electron chi connectivity index (χ2n) is 9.64. The molecule has 0 fully saturated rings. The lowest BCUT2D eigenvalue weighted by atomic mass is 9.95. The number of carbonyl (C=O) groups is 3. The van der Waals surface area contributed by atoms with Gasteiger partial charge in [-0.2, -0.15) is 13.2 Å². The SMILES string of the molecule is O=C(O)CC(CNC(=O)C(=Cc1cccc(C(F)(F)F)c1)NC(=O)c1ccc(-c2ccccc2)cc1)c1ccc(Cl)cc1. The average molecular weight is 607 g/mol. The first kappa shape index (κ1) is 31.1. The maximum absolute atomic E-state index is 13.3. The molecule has 6 nitrogen and oxygen atoms in total. The minimum absolute atomic E-state index is 0.0273. The second-order valence-corrected chi connectivity index (χ2v) is 10.1. The highest BCUT2D eigenvalue weighted by atomic mass is 35.5. The zero-order chi connectivity index (χ0) is 31.0. The molecule has 0 aliphatic heterocycles. The van der Waals surface area contributed by atoms with Gasteiger partial charge in [-0.05, 0) is 64.7 Å². The molecule has 4 rings (SSSR count). The minimum Gasteiger partial charge on any atom is -0.481 e. The lowest BCUT2D eigenvalue weighted by Crippen LogP contribution is -2.37. The number of benzene rings is 4. The lowest BCUT2D eigenvalue weighted by Gasteiger charge is -2.18. The van der Waals surface area contributed by atoms with E-state index in [1.165, 1.54) is 12.1 Å². The molecule has 0 radical (unpaired) electrons. The van der Waals surface area contributed by atoms with Crippen LogP contribution < -0.4 is 10.6 Å². The van der Waals surface area contributed by atoms with Crippen LogP contribution in [0.15, 0.2) is 109 Å². The van der Waals surface area contributed by atoms with Crippen LogP contribution in [0.4, 0.5) is 13.2 Å². The van der Waals surface area contributed by atoms with Crippen molar-refractivity contribution in [2.45, 2.75) is 18.5 Å². The van der Waals surface area contributed by atoms with E-state index >= 15 is 0 Å². The van der Waals surface area contributed by atoms with Crippen molar-refractivity contribution >= 4 is 35.5 Å². The predicted octanol–water partition coefficient (Wildman–Crippen LogP) is 7.17.